The van der Waals surface area contributed by atoms with E-state index in [1.807, 2.05) is 36.4 Å². The highest BCUT2D eigenvalue weighted by Crippen LogP contribution is 2.19. The van der Waals surface area contributed by atoms with E-state index in [2.05, 4.69) is 17.4 Å². The fourth-order valence-electron chi connectivity index (χ4n) is 4.16. The number of hydrogen-bond donors (Lipinski definition) is 1. The van der Waals surface area contributed by atoms with Gasteiger partial charge in [0.15, 0.2) is 5.78 Å². The molecule has 0 aromatic heterocycles. The van der Waals surface area contributed by atoms with Crippen molar-refractivity contribution in [3.63, 3.8) is 0 Å². The second-order valence-electron chi connectivity index (χ2n) is 9.24. The lowest BCUT2D eigenvalue weighted by atomic mass is 10.0. The molecular formula is C32H30FNO4. The summed E-state index contributed by atoms with van der Waals surface area (Å²) in [6, 6.07) is 21.2. The zero-order chi connectivity index (χ0) is 26.7. The average Bonchev–Trinajstić information content (AvgIpc) is 3.27. The normalized spacial score (nSPS) is 13.1. The molecule has 6 heteroatoms. The first kappa shape index (κ1) is 26.9. The summed E-state index contributed by atoms with van der Waals surface area (Å²) in [6.07, 6.45) is 9.94. The van der Waals surface area contributed by atoms with Crippen LogP contribution in [0.25, 0.3) is 11.6 Å². The van der Waals surface area contributed by atoms with E-state index in [0.717, 1.165) is 48.8 Å². The summed E-state index contributed by atoms with van der Waals surface area (Å²) in [6.45, 7) is 1.21. The van der Waals surface area contributed by atoms with Crippen LogP contribution >= 0.6 is 0 Å². The molecule has 0 atom stereocenters. The molecule has 0 bridgehead atoms. The van der Waals surface area contributed by atoms with Gasteiger partial charge in [0.05, 0.1) is 12.2 Å². The number of unbranched alkanes of at least 4 members (excludes halogenated alkanes) is 3. The van der Waals surface area contributed by atoms with Crippen LogP contribution in [0, 0.1) is 5.82 Å². The van der Waals surface area contributed by atoms with Crippen LogP contribution in [0.4, 0.5) is 4.39 Å². The predicted molar refractivity (Wildman–Crippen MR) is 146 cm³/mol. The van der Waals surface area contributed by atoms with Crippen LogP contribution < -0.4 is 5.32 Å². The van der Waals surface area contributed by atoms with Crippen molar-refractivity contribution in [2.75, 3.05) is 6.61 Å². The number of nitrogens with one attached hydrogen (secondary N) is 1. The minimum Gasteiger partial charge on any atom is -0.377 e. The summed E-state index contributed by atoms with van der Waals surface area (Å²) < 4.78 is 18.8. The molecule has 0 radical (unpaired) electrons. The number of allylic oxidation sites excluding steroid dienone is 1. The van der Waals surface area contributed by atoms with Crippen molar-refractivity contribution < 1.29 is 23.5 Å². The number of amides is 2. The van der Waals surface area contributed by atoms with Gasteiger partial charge in [0.25, 0.3) is 11.8 Å². The molecule has 1 N–H and O–H groups in total. The topological polar surface area (TPSA) is 72.5 Å². The van der Waals surface area contributed by atoms with Gasteiger partial charge in [-0.05, 0) is 71.9 Å². The molecule has 0 fully saturated rings. The molecule has 1 heterocycles. The Hall–Kier alpha value is -4.16. The third kappa shape index (κ3) is 7.92. The lowest BCUT2D eigenvalue weighted by Gasteiger charge is -2.06. The van der Waals surface area contributed by atoms with Crippen molar-refractivity contribution in [3.05, 3.63) is 119 Å². The molecule has 0 unspecified atom stereocenters. The van der Waals surface area contributed by atoms with E-state index in [1.165, 1.54) is 42.0 Å². The number of benzene rings is 3. The number of ether oxygens (including phenoxy) is 1. The van der Waals surface area contributed by atoms with Crippen molar-refractivity contribution in [3.8, 4) is 0 Å². The van der Waals surface area contributed by atoms with Gasteiger partial charge in [-0.2, -0.15) is 0 Å². The van der Waals surface area contributed by atoms with Gasteiger partial charge in [-0.1, -0.05) is 67.4 Å². The van der Waals surface area contributed by atoms with Gasteiger partial charge < -0.3 is 4.74 Å². The summed E-state index contributed by atoms with van der Waals surface area (Å²) in [5.41, 5.74) is 4.82. The molecule has 2 amide bonds. The highest BCUT2D eigenvalue weighted by molar-refractivity contribution is 6.33. The molecule has 1 aliphatic heterocycles. The Labute approximate surface area is 222 Å². The van der Waals surface area contributed by atoms with E-state index >= 15 is 0 Å². The summed E-state index contributed by atoms with van der Waals surface area (Å²) >= 11 is 0. The van der Waals surface area contributed by atoms with Crippen LogP contribution in [-0.2, 0) is 27.4 Å². The molecule has 5 nitrogen and oxygen atoms in total. The third-order valence-electron chi connectivity index (χ3n) is 6.33. The average molecular weight is 512 g/mol. The van der Waals surface area contributed by atoms with Crippen LogP contribution in [0.2, 0.25) is 0 Å². The molecule has 0 saturated heterocycles. The molecule has 4 rings (SSSR count). The van der Waals surface area contributed by atoms with Gasteiger partial charge in [0, 0.05) is 18.2 Å². The Morgan fingerprint density at radius 2 is 1.50 bits per heavy atom. The van der Waals surface area contributed by atoms with E-state index in [0.29, 0.717) is 24.4 Å². The minimum atomic E-state index is -0.377. The Kier molecular flexibility index (Phi) is 9.48. The molecule has 0 aliphatic carbocycles. The smallest absolute Gasteiger partial charge is 0.258 e. The van der Waals surface area contributed by atoms with Crippen LogP contribution in [0.3, 0.4) is 0 Å². The third-order valence-corrected chi connectivity index (χ3v) is 6.33. The predicted octanol–water partition coefficient (Wildman–Crippen LogP) is 6.08. The largest absolute Gasteiger partial charge is 0.377 e. The van der Waals surface area contributed by atoms with Gasteiger partial charge in [-0.25, -0.2) is 4.39 Å². The maximum atomic E-state index is 13.0. The van der Waals surface area contributed by atoms with Crippen LogP contribution in [0.15, 0.2) is 84.9 Å². The van der Waals surface area contributed by atoms with E-state index in [9.17, 15) is 18.8 Å². The van der Waals surface area contributed by atoms with Crippen molar-refractivity contribution in [1.29, 1.82) is 0 Å². The number of halogens is 1. The number of carbonyl (C=O) groups is 3. The van der Waals surface area contributed by atoms with Crippen molar-refractivity contribution >= 4 is 29.2 Å². The zero-order valence-electron chi connectivity index (χ0n) is 21.1. The molecular weight excluding hydrogens is 481 g/mol. The fourth-order valence-corrected chi connectivity index (χ4v) is 4.16. The number of imide groups is 1. The monoisotopic (exact) mass is 511 g/mol. The summed E-state index contributed by atoms with van der Waals surface area (Å²) in [7, 11) is 0. The van der Waals surface area contributed by atoms with Crippen LogP contribution in [-0.4, -0.2) is 24.2 Å². The van der Waals surface area contributed by atoms with E-state index in [4.69, 9.17) is 4.74 Å². The SMILES string of the molecule is O=C1C=C(c2ccc(COCCCCCCc3ccc(C=CC(=O)c4ccc(F)cc4)cc3)cc2)C(=O)N1. The lowest BCUT2D eigenvalue weighted by Crippen LogP contribution is -2.21. The maximum Gasteiger partial charge on any atom is 0.258 e. The van der Waals surface area contributed by atoms with Gasteiger partial charge in [-0.3, -0.25) is 19.7 Å². The Bertz CT molecular complexity index is 1320. The molecule has 1 aliphatic rings. The summed E-state index contributed by atoms with van der Waals surface area (Å²) in [5, 5.41) is 2.25. The van der Waals surface area contributed by atoms with E-state index in [-0.39, 0.29) is 23.4 Å². The van der Waals surface area contributed by atoms with E-state index < -0.39 is 0 Å². The highest BCUT2D eigenvalue weighted by Gasteiger charge is 2.21. The quantitative estimate of drug-likeness (QED) is 0.131. The minimum absolute atomic E-state index is 0.151. The van der Waals surface area contributed by atoms with Gasteiger partial charge in [-0.15, -0.1) is 0 Å². The molecule has 3 aromatic carbocycles. The fraction of sp³-hybridized carbons (Fsp3) is 0.219. The second-order valence-corrected chi connectivity index (χ2v) is 9.24. The number of rotatable bonds is 13. The molecule has 0 saturated carbocycles. The molecule has 0 spiro atoms. The first-order chi connectivity index (χ1) is 18.5. The number of hydrogen-bond acceptors (Lipinski definition) is 4. The Balaban J connectivity index is 1.08. The Morgan fingerprint density at radius 1 is 0.816 bits per heavy atom. The number of ketones is 1. The lowest BCUT2D eigenvalue weighted by molar-refractivity contribution is -0.123. The Morgan fingerprint density at radius 3 is 2.18 bits per heavy atom. The molecule has 3 aromatic rings. The van der Waals surface area contributed by atoms with E-state index in [1.54, 1.807) is 6.08 Å². The van der Waals surface area contributed by atoms with Crippen molar-refractivity contribution in [2.45, 2.75) is 38.7 Å². The summed E-state index contributed by atoms with van der Waals surface area (Å²) in [4.78, 5) is 35.2. The van der Waals surface area contributed by atoms with Crippen LogP contribution in [0.5, 0.6) is 0 Å². The van der Waals surface area contributed by atoms with Gasteiger partial charge in [0.1, 0.15) is 5.82 Å². The summed E-state index contributed by atoms with van der Waals surface area (Å²) in [5.74, 6) is -1.24. The first-order valence-corrected chi connectivity index (χ1v) is 12.8. The maximum absolute atomic E-state index is 13.0. The van der Waals surface area contributed by atoms with Gasteiger partial charge >= 0.3 is 0 Å². The zero-order valence-corrected chi connectivity index (χ0v) is 21.1. The second kappa shape index (κ2) is 13.4. The van der Waals surface area contributed by atoms with Crippen molar-refractivity contribution in [2.24, 2.45) is 0 Å². The first-order valence-electron chi connectivity index (χ1n) is 12.8. The number of aryl methyl sites for hydroxylation is 1. The van der Waals surface area contributed by atoms with Crippen LogP contribution in [0.1, 0.15) is 58.3 Å². The molecule has 194 valence electrons. The van der Waals surface area contributed by atoms with Gasteiger partial charge in [0.2, 0.25) is 0 Å². The standard InChI is InChI=1S/C32H30FNO4/c33-28-17-15-27(16-18-28)30(35)19-12-24-8-6-23(7-9-24)5-3-1-2-4-20-38-22-25-10-13-26(14-11-25)29-21-31(36)34-32(29)37/h6-19,21H,1-5,20,22H2,(H,34,36,37). The van der Waals surface area contributed by atoms with Crippen molar-refractivity contribution in [1.82, 2.24) is 5.32 Å². The number of carbonyl (C=O) groups excluding carboxylic acids is 3. The highest BCUT2D eigenvalue weighted by atomic mass is 19.1. The molecule has 38 heavy (non-hydrogen) atoms.